The van der Waals surface area contributed by atoms with Crippen LogP contribution in [0.25, 0.3) is 0 Å². The topological polar surface area (TPSA) is 29.1 Å². The molecule has 0 heterocycles. The van der Waals surface area contributed by atoms with E-state index in [0.29, 0.717) is 6.41 Å². The number of para-hydroxylation sites is 1. The van der Waals surface area contributed by atoms with Gasteiger partial charge in [0, 0.05) is 4.90 Å². The maximum absolute atomic E-state index is 10.3. The normalized spacial score (nSPS) is 9.62. The zero-order valence-corrected chi connectivity index (χ0v) is 8.43. The molecule has 0 saturated heterocycles. The molecule has 0 saturated carbocycles. The Morgan fingerprint density at radius 1 is 1.46 bits per heavy atom. The van der Waals surface area contributed by atoms with Crippen LogP contribution in [0.5, 0.6) is 0 Å². The standard InChI is InChI=1S/C10H13NOS/c1-2-7-13-10-6-4-3-5-9(10)11-8-12/h3-6,8H,2,7H2,1H3,(H,11,12). The van der Waals surface area contributed by atoms with Gasteiger partial charge in [-0.2, -0.15) is 0 Å². The molecule has 1 aromatic carbocycles. The summed E-state index contributed by atoms with van der Waals surface area (Å²) in [5, 5.41) is 2.68. The third kappa shape index (κ3) is 3.11. The number of hydrogen-bond acceptors (Lipinski definition) is 2. The molecule has 1 rings (SSSR count). The van der Waals surface area contributed by atoms with Gasteiger partial charge in [0.2, 0.25) is 6.41 Å². The average molecular weight is 195 g/mol. The summed E-state index contributed by atoms with van der Waals surface area (Å²) in [6.45, 7) is 2.14. The van der Waals surface area contributed by atoms with Crippen molar-refractivity contribution in [1.29, 1.82) is 0 Å². The van der Waals surface area contributed by atoms with Crippen LogP contribution in [0, 0.1) is 0 Å². The van der Waals surface area contributed by atoms with Crippen molar-refractivity contribution in [2.45, 2.75) is 18.2 Å². The van der Waals surface area contributed by atoms with Crippen LogP contribution < -0.4 is 5.32 Å². The van der Waals surface area contributed by atoms with Crippen molar-refractivity contribution in [3.8, 4) is 0 Å². The highest BCUT2D eigenvalue weighted by molar-refractivity contribution is 7.99. The van der Waals surface area contributed by atoms with E-state index in [4.69, 9.17) is 0 Å². The van der Waals surface area contributed by atoms with Gasteiger partial charge >= 0.3 is 0 Å². The fraction of sp³-hybridized carbons (Fsp3) is 0.300. The second-order valence-electron chi connectivity index (χ2n) is 2.61. The van der Waals surface area contributed by atoms with Gasteiger partial charge in [-0.05, 0) is 24.3 Å². The maximum atomic E-state index is 10.3. The minimum Gasteiger partial charge on any atom is -0.328 e. The summed E-state index contributed by atoms with van der Waals surface area (Å²) in [5.41, 5.74) is 0.899. The van der Waals surface area contributed by atoms with Gasteiger partial charge in [-0.15, -0.1) is 11.8 Å². The zero-order chi connectivity index (χ0) is 9.52. The van der Waals surface area contributed by atoms with Crippen molar-refractivity contribution in [3.63, 3.8) is 0 Å². The van der Waals surface area contributed by atoms with Crippen LogP contribution in [0.1, 0.15) is 13.3 Å². The lowest BCUT2D eigenvalue weighted by molar-refractivity contribution is -0.105. The largest absolute Gasteiger partial charge is 0.328 e. The smallest absolute Gasteiger partial charge is 0.211 e. The first-order valence-electron chi connectivity index (χ1n) is 4.30. The van der Waals surface area contributed by atoms with Crippen LogP contribution in [0.2, 0.25) is 0 Å². The van der Waals surface area contributed by atoms with E-state index in [-0.39, 0.29) is 0 Å². The number of amides is 1. The molecule has 0 unspecified atom stereocenters. The van der Waals surface area contributed by atoms with E-state index in [2.05, 4.69) is 12.2 Å². The molecular weight excluding hydrogens is 182 g/mol. The van der Waals surface area contributed by atoms with E-state index in [1.165, 1.54) is 0 Å². The van der Waals surface area contributed by atoms with Crippen LogP contribution >= 0.6 is 11.8 Å². The van der Waals surface area contributed by atoms with Crippen molar-refractivity contribution in [3.05, 3.63) is 24.3 Å². The van der Waals surface area contributed by atoms with E-state index in [9.17, 15) is 4.79 Å². The highest BCUT2D eigenvalue weighted by Crippen LogP contribution is 2.26. The third-order valence-corrected chi connectivity index (χ3v) is 2.84. The lowest BCUT2D eigenvalue weighted by Crippen LogP contribution is -1.95. The van der Waals surface area contributed by atoms with Crippen molar-refractivity contribution in [1.82, 2.24) is 0 Å². The molecule has 0 bridgehead atoms. The van der Waals surface area contributed by atoms with Gasteiger partial charge < -0.3 is 5.32 Å². The van der Waals surface area contributed by atoms with Crippen LogP contribution in [-0.4, -0.2) is 12.2 Å². The summed E-state index contributed by atoms with van der Waals surface area (Å²) in [7, 11) is 0. The van der Waals surface area contributed by atoms with Gasteiger partial charge in [-0.3, -0.25) is 4.79 Å². The van der Waals surface area contributed by atoms with E-state index in [1.54, 1.807) is 11.8 Å². The molecule has 0 aliphatic carbocycles. The Labute approximate surface area is 82.7 Å². The predicted molar refractivity (Wildman–Crippen MR) is 57.1 cm³/mol. The summed E-state index contributed by atoms with van der Waals surface area (Å²) < 4.78 is 0. The number of hydrogen-bond donors (Lipinski definition) is 1. The quantitative estimate of drug-likeness (QED) is 0.578. The number of benzene rings is 1. The SMILES string of the molecule is CCCSc1ccccc1NC=O. The van der Waals surface area contributed by atoms with Crippen molar-refractivity contribution in [2.75, 3.05) is 11.1 Å². The number of nitrogens with one attached hydrogen (secondary N) is 1. The molecule has 0 aliphatic rings. The number of rotatable bonds is 5. The number of anilines is 1. The number of carbonyl (C=O) groups excluding carboxylic acids is 1. The minimum absolute atomic E-state index is 0.714. The predicted octanol–water partition coefficient (Wildman–Crippen LogP) is 2.76. The van der Waals surface area contributed by atoms with E-state index in [0.717, 1.165) is 22.8 Å². The Balaban J connectivity index is 2.71. The summed E-state index contributed by atoms with van der Waals surface area (Å²) in [5.74, 6) is 1.08. The minimum atomic E-state index is 0.714. The molecule has 1 amide bonds. The summed E-state index contributed by atoms with van der Waals surface area (Å²) >= 11 is 1.77. The van der Waals surface area contributed by atoms with Gasteiger partial charge in [-0.25, -0.2) is 0 Å². The lowest BCUT2D eigenvalue weighted by Gasteiger charge is -2.05. The lowest BCUT2D eigenvalue weighted by atomic mass is 10.3. The Hall–Kier alpha value is -0.960. The van der Waals surface area contributed by atoms with Crippen LogP contribution in [0.15, 0.2) is 29.2 Å². The first kappa shape index (κ1) is 10.1. The van der Waals surface area contributed by atoms with Gasteiger partial charge in [0.1, 0.15) is 0 Å². The molecule has 0 radical (unpaired) electrons. The average Bonchev–Trinajstić information content (AvgIpc) is 2.17. The summed E-state index contributed by atoms with van der Waals surface area (Å²) in [6, 6.07) is 7.83. The van der Waals surface area contributed by atoms with Crippen molar-refractivity contribution < 1.29 is 4.79 Å². The van der Waals surface area contributed by atoms with Crippen LogP contribution in [0.4, 0.5) is 5.69 Å². The number of thioether (sulfide) groups is 1. The second-order valence-corrected chi connectivity index (χ2v) is 3.74. The molecule has 0 spiro atoms. The van der Waals surface area contributed by atoms with Crippen LogP contribution in [-0.2, 0) is 4.79 Å². The molecule has 0 aliphatic heterocycles. The molecule has 2 nitrogen and oxygen atoms in total. The van der Waals surface area contributed by atoms with Gasteiger partial charge in [0.15, 0.2) is 0 Å². The van der Waals surface area contributed by atoms with Gasteiger partial charge in [0.25, 0.3) is 0 Å². The van der Waals surface area contributed by atoms with Gasteiger partial charge in [0.05, 0.1) is 5.69 Å². The zero-order valence-electron chi connectivity index (χ0n) is 7.62. The van der Waals surface area contributed by atoms with E-state index >= 15 is 0 Å². The van der Waals surface area contributed by atoms with Gasteiger partial charge in [-0.1, -0.05) is 19.1 Å². The van der Waals surface area contributed by atoms with E-state index < -0.39 is 0 Å². The van der Waals surface area contributed by atoms with Crippen LogP contribution in [0.3, 0.4) is 0 Å². The third-order valence-electron chi connectivity index (χ3n) is 1.56. The Morgan fingerprint density at radius 3 is 2.92 bits per heavy atom. The molecule has 1 N–H and O–H groups in total. The Kier molecular flexibility index (Phi) is 4.40. The fourth-order valence-corrected chi connectivity index (χ4v) is 1.87. The highest BCUT2D eigenvalue weighted by Gasteiger charge is 1.99. The molecule has 70 valence electrons. The molecular formula is C10H13NOS. The molecule has 13 heavy (non-hydrogen) atoms. The fourth-order valence-electron chi connectivity index (χ4n) is 0.987. The van der Waals surface area contributed by atoms with Crippen molar-refractivity contribution >= 4 is 23.9 Å². The molecule has 0 aromatic heterocycles. The Morgan fingerprint density at radius 2 is 2.23 bits per heavy atom. The van der Waals surface area contributed by atoms with E-state index in [1.807, 2.05) is 24.3 Å². The maximum Gasteiger partial charge on any atom is 0.211 e. The highest BCUT2D eigenvalue weighted by atomic mass is 32.2. The summed E-state index contributed by atoms with van der Waals surface area (Å²) in [6.07, 6.45) is 1.85. The second kappa shape index (κ2) is 5.65. The molecule has 0 atom stereocenters. The first-order valence-corrected chi connectivity index (χ1v) is 5.29. The molecule has 0 fully saturated rings. The number of carbonyl (C=O) groups is 1. The monoisotopic (exact) mass is 195 g/mol. The molecule has 1 aromatic rings. The summed E-state index contributed by atoms with van der Waals surface area (Å²) in [4.78, 5) is 11.4. The first-order chi connectivity index (χ1) is 6.38. The Bertz CT molecular complexity index is 275. The van der Waals surface area contributed by atoms with Crippen molar-refractivity contribution in [2.24, 2.45) is 0 Å². The molecule has 3 heteroatoms.